The molecule has 0 aromatic heterocycles. The highest BCUT2D eigenvalue weighted by molar-refractivity contribution is 7.89. The summed E-state index contributed by atoms with van der Waals surface area (Å²) in [5.74, 6) is -1.18. The van der Waals surface area contributed by atoms with E-state index in [2.05, 4.69) is 10.0 Å². The van der Waals surface area contributed by atoms with Gasteiger partial charge in [-0.3, -0.25) is 0 Å². The summed E-state index contributed by atoms with van der Waals surface area (Å²) < 4.78 is 31.0. The summed E-state index contributed by atoms with van der Waals surface area (Å²) in [6.07, 6.45) is 1.99. The van der Waals surface area contributed by atoms with Crippen LogP contribution < -0.4 is 10.0 Å². The number of carbonyl (C=O) groups is 1. The van der Waals surface area contributed by atoms with Crippen LogP contribution in [0.3, 0.4) is 0 Å². The summed E-state index contributed by atoms with van der Waals surface area (Å²) in [4.78, 5) is 11.2. The van der Waals surface area contributed by atoms with Gasteiger partial charge in [0.1, 0.15) is 0 Å². The molecule has 1 heterocycles. The Morgan fingerprint density at radius 2 is 2.24 bits per heavy atom. The van der Waals surface area contributed by atoms with Gasteiger partial charge in [0.2, 0.25) is 10.0 Å². The number of nitrogens with one attached hydrogen (secondary N) is 2. The largest absolute Gasteiger partial charge is 0.478 e. The molecule has 1 saturated heterocycles. The van der Waals surface area contributed by atoms with Gasteiger partial charge in [0.15, 0.2) is 0 Å². The quantitative estimate of drug-likeness (QED) is 0.720. The van der Waals surface area contributed by atoms with Crippen molar-refractivity contribution in [2.24, 2.45) is 0 Å². The lowest BCUT2D eigenvalue weighted by atomic mass is 10.1. The van der Waals surface area contributed by atoms with Crippen LogP contribution in [0, 0.1) is 0 Å². The zero-order chi connectivity index (χ0) is 15.5. The molecule has 0 spiro atoms. The number of sulfonamides is 1. The second kappa shape index (κ2) is 6.42. The zero-order valence-electron chi connectivity index (χ0n) is 11.6. The lowest BCUT2D eigenvalue weighted by Crippen LogP contribution is -2.21. The van der Waals surface area contributed by atoms with E-state index in [0.717, 1.165) is 25.5 Å². The van der Waals surface area contributed by atoms with Crippen LogP contribution in [0.2, 0.25) is 0 Å². The predicted octanol–water partition coefficient (Wildman–Crippen LogP) is 0.884. The van der Waals surface area contributed by atoms with Gasteiger partial charge in [-0.25, -0.2) is 17.9 Å². The summed E-state index contributed by atoms with van der Waals surface area (Å²) in [6.45, 7) is 1.22. The maximum atomic E-state index is 11.7. The standard InChI is InChI=1S/C13H18N2O5S/c1-14-21(18,19)10-4-5-12(11(7-10)13(16)17)15-8-9-3-2-6-20-9/h4-5,7,9,14-15H,2-3,6,8H2,1H3,(H,16,17)/t9-/m1/s1. The first-order valence-electron chi connectivity index (χ1n) is 6.60. The average Bonchev–Trinajstić information content (AvgIpc) is 2.98. The van der Waals surface area contributed by atoms with E-state index < -0.39 is 16.0 Å². The van der Waals surface area contributed by atoms with Gasteiger partial charge in [-0.2, -0.15) is 0 Å². The van der Waals surface area contributed by atoms with Gasteiger partial charge in [-0.15, -0.1) is 0 Å². The molecule has 0 radical (unpaired) electrons. The lowest BCUT2D eigenvalue weighted by molar-refractivity contribution is 0.0697. The van der Waals surface area contributed by atoms with Crippen LogP contribution in [-0.4, -0.2) is 45.8 Å². The molecule has 8 heteroatoms. The molecule has 7 nitrogen and oxygen atoms in total. The molecule has 116 valence electrons. The third kappa shape index (κ3) is 3.72. The van der Waals surface area contributed by atoms with Gasteiger partial charge in [-0.05, 0) is 38.1 Å². The third-order valence-electron chi connectivity index (χ3n) is 3.34. The molecule has 1 aromatic rings. The van der Waals surface area contributed by atoms with Crippen LogP contribution >= 0.6 is 0 Å². The predicted molar refractivity (Wildman–Crippen MR) is 77.1 cm³/mol. The Hall–Kier alpha value is -1.64. The number of carboxylic acids is 1. The van der Waals surface area contributed by atoms with Gasteiger partial charge in [-0.1, -0.05) is 0 Å². The maximum absolute atomic E-state index is 11.7. The van der Waals surface area contributed by atoms with E-state index >= 15 is 0 Å². The fraction of sp³-hybridized carbons (Fsp3) is 0.462. The molecule has 2 rings (SSSR count). The molecule has 0 bridgehead atoms. The van der Waals surface area contributed by atoms with Gasteiger partial charge in [0, 0.05) is 18.8 Å². The molecular formula is C13H18N2O5S. The number of carboxylic acid groups (broad SMARTS) is 1. The molecule has 1 aromatic carbocycles. The van der Waals surface area contributed by atoms with Gasteiger partial charge in [0.05, 0.1) is 16.6 Å². The summed E-state index contributed by atoms with van der Waals surface area (Å²) >= 11 is 0. The van der Waals surface area contributed by atoms with Crippen LogP contribution in [0.5, 0.6) is 0 Å². The normalized spacial score (nSPS) is 18.6. The first kappa shape index (κ1) is 15.7. The minimum atomic E-state index is -3.67. The van der Waals surface area contributed by atoms with Crippen molar-refractivity contribution in [3.63, 3.8) is 0 Å². The second-order valence-corrected chi connectivity index (χ2v) is 6.62. The smallest absolute Gasteiger partial charge is 0.337 e. The van der Waals surface area contributed by atoms with Gasteiger partial charge in [0.25, 0.3) is 0 Å². The third-order valence-corrected chi connectivity index (χ3v) is 4.76. The summed E-state index contributed by atoms with van der Waals surface area (Å²) in [5, 5.41) is 12.2. The Morgan fingerprint density at radius 3 is 2.81 bits per heavy atom. The van der Waals surface area contributed by atoms with E-state index in [-0.39, 0.29) is 16.6 Å². The van der Waals surface area contributed by atoms with E-state index in [4.69, 9.17) is 4.74 Å². The zero-order valence-corrected chi connectivity index (χ0v) is 12.4. The van der Waals surface area contributed by atoms with Crippen molar-refractivity contribution in [2.75, 3.05) is 25.5 Å². The van der Waals surface area contributed by atoms with Gasteiger partial charge < -0.3 is 15.2 Å². The molecule has 21 heavy (non-hydrogen) atoms. The first-order valence-corrected chi connectivity index (χ1v) is 8.08. The Kier molecular flexibility index (Phi) is 4.81. The van der Waals surface area contributed by atoms with Crippen molar-refractivity contribution in [1.82, 2.24) is 4.72 Å². The topological polar surface area (TPSA) is 105 Å². The van der Waals surface area contributed by atoms with Crippen molar-refractivity contribution >= 4 is 21.7 Å². The van der Waals surface area contributed by atoms with E-state index in [1.807, 2.05) is 0 Å². The molecule has 0 aliphatic carbocycles. The molecule has 3 N–H and O–H groups in total. The van der Waals surface area contributed by atoms with Crippen molar-refractivity contribution in [3.05, 3.63) is 23.8 Å². The fourth-order valence-corrected chi connectivity index (χ4v) is 2.92. The molecule has 0 amide bonds. The number of anilines is 1. The van der Waals surface area contributed by atoms with Crippen molar-refractivity contribution < 1.29 is 23.1 Å². The minimum Gasteiger partial charge on any atom is -0.478 e. The number of rotatable bonds is 6. The Morgan fingerprint density at radius 1 is 1.48 bits per heavy atom. The summed E-state index contributed by atoms with van der Waals surface area (Å²) in [6, 6.07) is 3.98. The number of hydrogen-bond donors (Lipinski definition) is 3. The van der Waals surface area contributed by atoms with Crippen molar-refractivity contribution in [2.45, 2.75) is 23.8 Å². The molecular weight excluding hydrogens is 296 g/mol. The number of ether oxygens (including phenoxy) is 1. The van der Waals surface area contributed by atoms with E-state index in [1.165, 1.54) is 19.2 Å². The van der Waals surface area contributed by atoms with E-state index in [9.17, 15) is 18.3 Å². The first-order chi connectivity index (χ1) is 9.94. The van der Waals surface area contributed by atoms with Crippen LogP contribution in [-0.2, 0) is 14.8 Å². The fourth-order valence-electron chi connectivity index (χ4n) is 2.17. The summed E-state index contributed by atoms with van der Waals surface area (Å²) in [5.41, 5.74) is 0.303. The SMILES string of the molecule is CNS(=O)(=O)c1ccc(NC[C@H]2CCCO2)c(C(=O)O)c1. The minimum absolute atomic E-state index is 0.0624. The van der Waals surface area contributed by atoms with E-state index in [1.54, 1.807) is 0 Å². The Balaban J connectivity index is 2.22. The average molecular weight is 314 g/mol. The molecule has 1 atom stereocenters. The monoisotopic (exact) mass is 314 g/mol. The molecule has 1 aliphatic rings. The van der Waals surface area contributed by atoms with Crippen LogP contribution in [0.15, 0.2) is 23.1 Å². The highest BCUT2D eigenvalue weighted by Gasteiger charge is 2.19. The summed E-state index contributed by atoms with van der Waals surface area (Å²) in [7, 11) is -2.39. The van der Waals surface area contributed by atoms with Crippen LogP contribution in [0.1, 0.15) is 23.2 Å². The molecule has 1 aliphatic heterocycles. The van der Waals surface area contributed by atoms with E-state index in [0.29, 0.717) is 12.2 Å². The number of benzene rings is 1. The van der Waals surface area contributed by atoms with Crippen molar-refractivity contribution in [3.8, 4) is 0 Å². The maximum Gasteiger partial charge on any atom is 0.337 e. The Bertz CT molecular complexity index is 623. The van der Waals surface area contributed by atoms with Gasteiger partial charge >= 0.3 is 5.97 Å². The highest BCUT2D eigenvalue weighted by Crippen LogP contribution is 2.21. The van der Waals surface area contributed by atoms with Crippen molar-refractivity contribution in [1.29, 1.82) is 0 Å². The number of aromatic carboxylic acids is 1. The Labute approximate surface area is 123 Å². The molecule has 0 unspecified atom stereocenters. The molecule has 0 saturated carbocycles. The second-order valence-electron chi connectivity index (χ2n) is 4.74. The lowest BCUT2D eigenvalue weighted by Gasteiger charge is -2.14. The highest BCUT2D eigenvalue weighted by atomic mass is 32.2. The molecule has 1 fully saturated rings. The van der Waals surface area contributed by atoms with Crippen LogP contribution in [0.25, 0.3) is 0 Å². The number of hydrogen-bond acceptors (Lipinski definition) is 5. The van der Waals surface area contributed by atoms with Crippen LogP contribution in [0.4, 0.5) is 5.69 Å².